The number of ether oxygens (including phenoxy) is 3. The van der Waals surface area contributed by atoms with Crippen LogP contribution in [0.4, 0.5) is 22.2 Å². The number of aromatic nitrogens is 2. The Hall–Kier alpha value is -4.38. The van der Waals surface area contributed by atoms with Gasteiger partial charge >= 0.3 is 6.09 Å². The molecule has 40 heavy (non-hydrogen) atoms. The molecule has 0 fully saturated rings. The summed E-state index contributed by atoms with van der Waals surface area (Å²) in [5, 5.41) is 6.07. The summed E-state index contributed by atoms with van der Waals surface area (Å²) >= 11 is 0. The summed E-state index contributed by atoms with van der Waals surface area (Å²) in [5.41, 5.74) is 1.26. The summed E-state index contributed by atoms with van der Waals surface area (Å²) in [6.07, 6.45) is 2.85. The van der Waals surface area contributed by atoms with Crippen LogP contribution < -0.4 is 29.7 Å². The van der Waals surface area contributed by atoms with Gasteiger partial charge in [-0.15, -0.1) is 0 Å². The van der Waals surface area contributed by atoms with Gasteiger partial charge < -0.3 is 29.7 Å². The van der Waals surface area contributed by atoms with Crippen molar-refractivity contribution >= 4 is 29.5 Å². The lowest BCUT2D eigenvalue weighted by Gasteiger charge is -2.18. The van der Waals surface area contributed by atoms with E-state index in [1.807, 2.05) is 0 Å². The Balaban J connectivity index is 1.55. The summed E-state index contributed by atoms with van der Waals surface area (Å²) in [6.45, 7) is 8.08. The van der Waals surface area contributed by atoms with Gasteiger partial charge in [-0.3, -0.25) is 9.69 Å². The van der Waals surface area contributed by atoms with Gasteiger partial charge in [-0.05, 0) is 74.9 Å². The van der Waals surface area contributed by atoms with Crippen LogP contribution in [0, 0.1) is 0 Å². The topological polar surface area (TPSA) is 118 Å². The van der Waals surface area contributed by atoms with E-state index in [2.05, 4.69) is 39.3 Å². The number of benzene rings is 2. The number of unbranched alkanes of at least 4 members (excludes halogenated alkanes) is 1. The molecule has 1 heterocycles. The van der Waals surface area contributed by atoms with Crippen molar-refractivity contribution in [1.82, 2.24) is 20.2 Å². The van der Waals surface area contributed by atoms with Crippen LogP contribution in [0.25, 0.3) is 0 Å². The molecule has 3 rings (SSSR count). The minimum atomic E-state index is -0.667. The van der Waals surface area contributed by atoms with Crippen LogP contribution in [0.15, 0.2) is 54.7 Å². The lowest BCUT2D eigenvalue weighted by molar-refractivity contribution is 0.0952. The fourth-order valence-corrected chi connectivity index (χ4v) is 3.85. The van der Waals surface area contributed by atoms with Gasteiger partial charge in [-0.2, -0.15) is 4.98 Å². The van der Waals surface area contributed by atoms with Gasteiger partial charge in [-0.25, -0.2) is 9.78 Å². The van der Waals surface area contributed by atoms with Crippen molar-refractivity contribution in [2.24, 2.45) is 0 Å². The fraction of sp³-hybridized carbons (Fsp3) is 0.379. The molecule has 2 aromatic carbocycles. The van der Waals surface area contributed by atoms with E-state index in [4.69, 9.17) is 14.2 Å². The monoisotopic (exact) mass is 550 g/mol. The number of hydrogen-bond acceptors (Lipinski definition) is 9. The smallest absolute Gasteiger partial charge is 0.420 e. The van der Waals surface area contributed by atoms with E-state index in [1.54, 1.807) is 48.5 Å². The molecule has 0 spiro atoms. The molecule has 0 saturated heterocycles. The van der Waals surface area contributed by atoms with Crippen molar-refractivity contribution in [1.29, 1.82) is 0 Å². The third kappa shape index (κ3) is 8.57. The van der Waals surface area contributed by atoms with Crippen LogP contribution in [0.5, 0.6) is 17.2 Å². The fourth-order valence-electron chi connectivity index (χ4n) is 3.85. The first-order chi connectivity index (χ1) is 19.4. The highest BCUT2D eigenvalue weighted by Gasteiger charge is 2.18. The minimum Gasteiger partial charge on any atom is -0.497 e. The Morgan fingerprint density at radius 2 is 1.68 bits per heavy atom. The zero-order valence-electron chi connectivity index (χ0n) is 23.8. The summed E-state index contributed by atoms with van der Waals surface area (Å²) in [5.74, 6) is 1.62. The van der Waals surface area contributed by atoms with E-state index in [0.717, 1.165) is 32.5 Å². The van der Waals surface area contributed by atoms with Gasteiger partial charge in [0.05, 0.1) is 14.2 Å². The van der Waals surface area contributed by atoms with E-state index in [1.165, 1.54) is 32.4 Å². The van der Waals surface area contributed by atoms with Crippen LogP contribution in [-0.2, 0) is 0 Å². The average molecular weight is 551 g/mol. The molecule has 3 aromatic rings. The molecule has 0 bridgehead atoms. The summed E-state index contributed by atoms with van der Waals surface area (Å²) < 4.78 is 16.0. The summed E-state index contributed by atoms with van der Waals surface area (Å²) in [7, 11) is 4.55. The lowest BCUT2D eigenvalue weighted by Crippen LogP contribution is -2.30. The molecule has 11 nitrogen and oxygen atoms in total. The maximum absolute atomic E-state index is 12.8. The molecule has 0 radical (unpaired) electrons. The minimum absolute atomic E-state index is 0.111. The molecule has 0 unspecified atom stereocenters. The first-order valence-corrected chi connectivity index (χ1v) is 13.3. The van der Waals surface area contributed by atoms with E-state index in [-0.39, 0.29) is 17.6 Å². The number of carbonyl (C=O) groups is 2. The molecule has 0 atom stereocenters. The number of nitrogens with zero attached hydrogens (tertiary/aromatic N) is 4. The maximum atomic E-state index is 12.8. The lowest BCUT2D eigenvalue weighted by atomic mass is 10.2. The Morgan fingerprint density at radius 3 is 2.35 bits per heavy atom. The van der Waals surface area contributed by atoms with E-state index in [9.17, 15) is 9.59 Å². The molecule has 0 saturated carbocycles. The van der Waals surface area contributed by atoms with Crippen LogP contribution in [0.2, 0.25) is 0 Å². The van der Waals surface area contributed by atoms with Gasteiger partial charge in [0.2, 0.25) is 5.95 Å². The second-order valence-electron chi connectivity index (χ2n) is 8.87. The Morgan fingerprint density at radius 1 is 0.925 bits per heavy atom. The first-order valence-electron chi connectivity index (χ1n) is 13.3. The predicted octanol–water partition coefficient (Wildman–Crippen LogP) is 4.72. The summed E-state index contributed by atoms with van der Waals surface area (Å²) in [4.78, 5) is 37.6. The third-order valence-corrected chi connectivity index (χ3v) is 6.31. The molecule has 11 heteroatoms. The Kier molecular flexibility index (Phi) is 11.5. The number of rotatable bonds is 14. The number of anilines is 3. The SMILES string of the molecule is CCN(CC)CCCCNC(=O)c1ccc(Nc2nccc(N(C)C(=O)Oc3cc(OC)ccc3OC)n2)cc1. The second kappa shape index (κ2) is 15.3. The number of carbonyl (C=O) groups excluding carboxylic acids is 2. The van der Waals surface area contributed by atoms with Gasteiger partial charge in [0.15, 0.2) is 11.5 Å². The number of nitrogens with one attached hydrogen (secondary N) is 2. The van der Waals surface area contributed by atoms with Crippen LogP contribution in [-0.4, -0.2) is 74.3 Å². The predicted molar refractivity (Wildman–Crippen MR) is 155 cm³/mol. The van der Waals surface area contributed by atoms with Crippen molar-refractivity contribution in [3.8, 4) is 17.2 Å². The first kappa shape index (κ1) is 30.2. The van der Waals surface area contributed by atoms with Gasteiger partial charge in [0.1, 0.15) is 11.6 Å². The molecule has 0 aliphatic heterocycles. The van der Waals surface area contributed by atoms with E-state index < -0.39 is 6.09 Å². The van der Waals surface area contributed by atoms with E-state index in [0.29, 0.717) is 35.1 Å². The van der Waals surface area contributed by atoms with Crippen molar-refractivity contribution < 1.29 is 23.8 Å². The third-order valence-electron chi connectivity index (χ3n) is 6.31. The quantitative estimate of drug-likeness (QED) is 0.275. The zero-order valence-corrected chi connectivity index (χ0v) is 23.8. The van der Waals surface area contributed by atoms with Crippen LogP contribution >= 0.6 is 0 Å². The maximum Gasteiger partial charge on any atom is 0.420 e. The second-order valence-corrected chi connectivity index (χ2v) is 8.87. The van der Waals surface area contributed by atoms with Crippen LogP contribution in [0.3, 0.4) is 0 Å². The van der Waals surface area contributed by atoms with Gasteiger partial charge in [0.25, 0.3) is 5.91 Å². The number of hydrogen-bond donors (Lipinski definition) is 2. The van der Waals surface area contributed by atoms with Crippen molar-refractivity contribution in [3.05, 3.63) is 60.3 Å². The Bertz CT molecular complexity index is 1250. The van der Waals surface area contributed by atoms with E-state index >= 15 is 0 Å². The highest BCUT2D eigenvalue weighted by Crippen LogP contribution is 2.32. The Labute approximate surface area is 235 Å². The summed E-state index contributed by atoms with van der Waals surface area (Å²) in [6, 6.07) is 13.5. The molecular formula is C29H38N6O5. The average Bonchev–Trinajstić information content (AvgIpc) is 2.98. The zero-order chi connectivity index (χ0) is 28.9. The van der Waals surface area contributed by atoms with Crippen molar-refractivity contribution in [2.45, 2.75) is 26.7 Å². The molecule has 0 aliphatic rings. The van der Waals surface area contributed by atoms with Gasteiger partial charge in [0, 0.05) is 37.1 Å². The molecule has 2 N–H and O–H groups in total. The normalized spacial score (nSPS) is 10.7. The number of amides is 2. The highest BCUT2D eigenvalue weighted by atomic mass is 16.6. The molecular weight excluding hydrogens is 512 g/mol. The molecule has 1 aromatic heterocycles. The van der Waals surface area contributed by atoms with Crippen molar-refractivity contribution in [3.63, 3.8) is 0 Å². The molecule has 0 aliphatic carbocycles. The molecule has 2 amide bonds. The number of methoxy groups -OCH3 is 2. The van der Waals surface area contributed by atoms with Crippen LogP contribution in [0.1, 0.15) is 37.0 Å². The highest BCUT2D eigenvalue weighted by molar-refractivity contribution is 5.94. The standard InChI is InChI=1S/C29H38N6O5/c1-6-35(7-2)19-9-8-17-30-27(36)21-10-12-22(13-11-21)32-28-31-18-16-26(33-28)34(3)29(37)40-25-20-23(38-4)14-15-24(25)39-5/h10-16,18,20H,6-9,17,19H2,1-5H3,(H,30,36)(H,31,32,33). The van der Waals surface area contributed by atoms with Gasteiger partial charge in [-0.1, -0.05) is 13.8 Å². The van der Waals surface area contributed by atoms with Crippen molar-refractivity contribution in [2.75, 3.05) is 57.7 Å². The largest absolute Gasteiger partial charge is 0.497 e. The molecule has 214 valence electrons.